The van der Waals surface area contributed by atoms with Gasteiger partial charge in [0.05, 0.1) is 5.02 Å². The van der Waals surface area contributed by atoms with E-state index < -0.39 is 5.82 Å². The molecule has 0 unspecified atom stereocenters. The normalized spacial score (nSPS) is 9.08. The highest BCUT2D eigenvalue weighted by Crippen LogP contribution is 2.24. The molecule has 1 aromatic carbocycles. The predicted octanol–water partition coefficient (Wildman–Crippen LogP) is 2.29. The van der Waals surface area contributed by atoms with Crippen LogP contribution < -0.4 is 4.74 Å². The molecule has 3 heteroatoms. The lowest BCUT2D eigenvalue weighted by Gasteiger charge is -2.03. The van der Waals surface area contributed by atoms with Gasteiger partial charge in [0.25, 0.3) is 0 Å². The predicted molar refractivity (Wildman–Crippen MR) is 44.6 cm³/mol. The second-order valence-corrected chi connectivity index (χ2v) is 2.39. The lowest BCUT2D eigenvalue weighted by atomic mass is 10.3. The molecule has 0 amide bonds. The molecule has 0 atom stereocenters. The van der Waals surface area contributed by atoms with Crippen molar-refractivity contribution in [2.24, 2.45) is 0 Å². The van der Waals surface area contributed by atoms with Gasteiger partial charge in [-0.05, 0) is 12.1 Å². The Morgan fingerprint density at radius 1 is 1.75 bits per heavy atom. The summed E-state index contributed by atoms with van der Waals surface area (Å²) in [7, 11) is 0. The van der Waals surface area contributed by atoms with Crippen LogP contribution in [0.4, 0.5) is 4.39 Å². The van der Waals surface area contributed by atoms with E-state index in [1.165, 1.54) is 6.07 Å². The summed E-state index contributed by atoms with van der Waals surface area (Å²) in [5.41, 5.74) is 0. The van der Waals surface area contributed by atoms with Crippen molar-refractivity contribution in [1.82, 2.24) is 0 Å². The Kier molecular flexibility index (Phi) is 2.95. The molecule has 0 aliphatic rings. The molecule has 0 bridgehead atoms. The largest absolute Gasteiger partial charge is 0.479 e. The van der Waals surface area contributed by atoms with Gasteiger partial charge in [-0.15, -0.1) is 6.42 Å². The van der Waals surface area contributed by atoms with E-state index in [-0.39, 0.29) is 11.6 Å². The van der Waals surface area contributed by atoms with Crippen LogP contribution in [0.5, 0.6) is 5.75 Å². The van der Waals surface area contributed by atoms with Crippen LogP contribution in [0.3, 0.4) is 0 Å². The number of hydrogen-bond donors (Lipinski definition) is 0. The van der Waals surface area contributed by atoms with Gasteiger partial charge in [-0.25, -0.2) is 4.39 Å². The molecule has 0 aliphatic heterocycles. The first-order valence-corrected chi connectivity index (χ1v) is 3.55. The fraction of sp³-hybridized carbons (Fsp3) is 0.111. The smallest absolute Gasteiger partial charge is 0.148 e. The SMILES string of the molecule is C#CCOc1c[c]c(F)cc1Cl. The van der Waals surface area contributed by atoms with E-state index in [2.05, 4.69) is 12.0 Å². The molecular formula is C9H5ClFO. The third-order valence-electron chi connectivity index (χ3n) is 1.14. The lowest BCUT2D eigenvalue weighted by molar-refractivity contribution is 0.369. The molecule has 0 saturated heterocycles. The van der Waals surface area contributed by atoms with E-state index in [9.17, 15) is 4.39 Å². The summed E-state index contributed by atoms with van der Waals surface area (Å²) in [5, 5.41) is 0.196. The van der Waals surface area contributed by atoms with Crippen LogP contribution in [-0.2, 0) is 0 Å². The molecule has 0 aliphatic carbocycles. The summed E-state index contributed by atoms with van der Waals surface area (Å²) in [6.07, 6.45) is 4.95. The molecule has 0 aromatic heterocycles. The minimum atomic E-state index is -0.520. The molecule has 0 N–H and O–H groups in total. The van der Waals surface area contributed by atoms with E-state index in [1.54, 1.807) is 0 Å². The van der Waals surface area contributed by atoms with Gasteiger partial charge in [0, 0.05) is 6.07 Å². The maximum Gasteiger partial charge on any atom is 0.148 e. The van der Waals surface area contributed by atoms with Gasteiger partial charge in [-0.1, -0.05) is 17.5 Å². The van der Waals surface area contributed by atoms with Crippen molar-refractivity contribution in [3.8, 4) is 18.1 Å². The van der Waals surface area contributed by atoms with Crippen LogP contribution in [0.1, 0.15) is 0 Å². The van der Waals surface area contributed by atoms with Crippen LogP contribution in [-0.4, -0.2) is 6.61 Å². The first kappa shape index (κ1) is 8.89. The molecule has 0 heterocycles. The van der Waals surface area contributed by atoms with Crippen LogP contribution in [0, 0.1) is 24.2 Å². The van der Waals surface area contributed by atoms with Crippen LogP contribution in [0.25, 0.3) is 0 Å². The van der Waals surface area contributed by atoms with Gasteiger partial charge >= 0.3 is 0 Å². The quantitative estimate of drug-likeness (QED) is 0.640. The van der Waals surface area contributed by atoms with Crippen molar-refractivity contribution in [2.45, 2.75) is 0 Å². The van der Waals surface area contributed by atoms with Gasteiger partial charge in [0.1, 0.15) is 18.2 Å². The van der Waals surface area contributed by atoms with Crippen molar-refractivity contribution in [3.63, 3.8) is 0 Å². The summed E-state index contributed by atoms with van der Waals surface area (Å²) in [5.74, 6) is 2.09. The van der Waals surface area contributed by atoms with E-state index in [1.807, 2.05) is 0 Å². The van der Waals surface area contributed by atoms with E-state index in [4.69, 9.17) is 22.8 Å². The number of terminal acetylenes is 1. The minimum absolute atomic E-state index is 0.110. The highest BCUT2D eigenvalue weighted by Gasteiger charge is 2.01. The van der Waals surface area contributed by atoms with Crippen LogP contribution in [0.15, 0.2) is 12.1 Å². The fourth-order valence-corrected chi connectivity index (χ4v) is 0.862. The summed E-state index contributed by atoms with van der Waals surface area (Å²) in [4.78, 5) is 0. The summed E-state index contributed by atoms with van der Waals surface area (Å²) < 4.78 is 17.4. The molecule has 1 rings (SSSR count). The Morgan fingerprint density at radius 3 is 3.08 bits per heavy atom. The molecule has 0 fully saturated rings. The average molecular weight is 184 g/mol. The lowest BCUT2D eigenvalue weighted by Crippen LogP contribution is -1.94. The minimum Gasteiger partial charge on any atom is -0.479 e. The highest BCUT2D eigenvalue weighted by atomic mass is 35.5. The van der Waals surface area contributed by atoms with Gasteiger partial charge < -0.3 is 4.74 Å². The molecule has 1 radical (unpaired) electrons. The van der Waals surface area contributed by atoms with Gasteiger partial charge in [-0.3, -0.25) is 0 Å². The van der Waals surface area contributed by atoms with Gasteiger partial charge in [0.15, 0.2) is 0 Å². The molecular weight excluding hydrogens is 179 g/mol. The average Bonchev–Trinajstić information content (AvgIpc) is 2.03. The Hall–Kier alpha value is -1.20. The fourth-order valence-electron chi connectivity index (χ4n) is 0.658. The summed E-state index contributed by atoms with van der Waals surface area (Å²) in [6, 6.07) is 4.74. The Labute approximate surface area is 75.1 Å². The number of rotatable bonds is 2. The van der Waals surface area contributed by atoms with Crippen molar-refractivity contribution in [1.29, 1.82) is 0 Å². The first-order valence-electron chi connectivity index (χ1n) is 3.17. The van der Waals surface area contributed by atoms with Crippen LogP contribution in [0.2, 0.25) is 5.02 Å². The first-order chi connectivity index (χ1) is 5.74. The van der Waals surface area contributed by atoms with Crippen molar-refractivity contribution >= 4 is 11.6 Å². The third-order valence-corrected chi connectivity index (χ3v) is 1.44. The zero-order chi connectivity index (χ0) is 8.97. The van der Waals surface area contributed by atoms with Crippen molar-refractivity contribution in [3.05, 3.63) is 29.0 Å². The molecule has 1 aromatic rings. The van der Waals surface area contributed by atoms with Crippen molar-refractivity contribution < 1.29 is 9.13 Å². The standard InChI is InChI=1S/C9H5ClFO/c1-2-5-12-9-4-3-7(11)6-8(9)10/h1,4,6H,5H2. The molecule has 12 heavy (non-hydrogen) atoms. The van der Waals surface area contributed by atoms with E-state index in [0.29, 0.717) is 5.75 Å². The van der Waals surface area contributed by atoms with E-state index >= 15 is 0 Å². The zero-order valence-electron chi connectivity index (χ0n) is 6.10. The molecule has 1 nitrogen and oxygen atoms in total. The highest BCUT2D eigenvalue weighted by molar-refractivity contribution is 6.32. The summed E-state index contributed by atoms with van der Waals surface area (Å²) in [6.45, 7) is 0.110. The third kappa shape index (κ3) is 2.14. The Bertz CT molecular complexity index is 317. The molecule has 0 saturated carbocycles. The van der Waals surface area contributed by atoms with Crippen molar-refractivity contribution in [2.75, 3.05) is 6.61 Å². The maximum atomic E-state index is 12.4. The number of ether oxygens (including phenoxy) is 1. The molecule has 0 spiro atoms. The van der Waals surface area contributed by atoms with E-state index in [0.717, 1.165) is 6.07 Å². The number of hydrogen-bond acceptors (Lipinski definition) is 1. The number of halogens is 2. The van der Waals surface area contributed by atoms with Gasteiger partial charge in [-0.2, -0.15) is 0 Å². The van der Waals surface area contributed by atoms with Gasteiger partial charge in [0.2, 0.25) is 0 Å². The second kappa shape index (κ2) is 3.99. The Morgan fingerprint density at radius 2 is 2.50 bits per heavy atom. The summed E-state index contributed by atoms with van der Waals surface area (Å²) >= 11 is 5.61. The topological polar surface area (TPSA) is 9.23 Å². The second-order valence-electron chi connectivity index (χ2n) is 1.99. The monoisotopic (exact) mass is 183 g/mol. The number of benzene rings is 1. The maximum absolute atomic E-state index is 12.4. The zero-order valence-corrected chi connectivity index (χ0v) is 6.86. The van der Waals surface area contributed by atoms with Crippen LogP contribution >= 0.6 is 11.6 Å². The Balaban J connectivity index is 2.81. The molecule has 61 valence electrons.